The van der Waals surface area contributed by atoms with Crippen molar-refractivity contribution in [2.24, 2.45) is 0 Å². The normalized spacial score (nSPS) is 15.0. The summed E-state index contributed by atoms with van der Waals surface area (Å²) >= 11 is 0. The Labute approximate surface area is 152 Å². The average molecular weight is 342 g/mol. The van der Waals surface area contributed by atoms with Gasteiger partial charge in [0.15, 0.2) is 11.6 Å². The van der Waals surface area contributed by atoms with Crippen LogP contribution in [0.25, 0.3) is 0 Å². The van der Waals surface area contributed by atoms with Crippen molar-refractivity contribution in [2.75, 3.05) is 7.11 Å². The Morgan fingerprint density at radius 2 is 1.27 bits per heavy atom. The molecule has 3 aromatic carbocycles. The number of hydrogen-bond acceptors (Lipinski definition) is 3. The van der Waals surface area contributed by atoms with E-state index in [1.807, 2.05) is 42.5 Å². The van der Waals surface area contributed by atoms with Gasteiger partial charge >= 0.3 is 0 Å². The summed E-state index contributed by atoms with van der Waals surface area (Å²) in [5.41, 5.74) is 1.44. The molecule has 3 heteroatoms. The van der Waals surface area contributed by atoms with Gasteiger partial charge in [-0.05, 0) is 29.7 Å². The zero-order chi connectivity index (χ0) is 18.1. The quantitative estimate of drug-likeness (QED) is 0.666. The molecule has 0 amide bonds. The van der Waals surface area contributed by atoms with Crippen molar-refractivity contribution in [2.45, 2.75) is 11.8 Å². The minimum atomic E-state index is -1.22. The molecule has 0 saturated heterocycles. The molecule has 0 fully saturated rings. The van der Waals surface area contributed by atoms with Gasteiger partial charge in [0.1, 0.15) is 11.2 Å². The fourth-order valence-corrected chi connectivity index (χ4v) is 3.74. The van der Waals surface area contributed by atoms with Crippen LogP contribution in [0.15, 0.2) is 78.9 Å². The van der Waals surface area contributed by atoms with Crippen LogP contribution < -0.4 is 4.74 Å². The molecule has 4 rings (SSSR count). The molecule has 3 aromatic rings. The molecule has 26 heavy (non-hydrogen) atoms. The van der Waals surface area contributed by atoms with Crippen LogP contribution in [-0.4, -0.2) is 18.7 Å². The smallest absolute Gasteiger partial charge is 0.182 e. The Kier molecular flexibility index (Phi) is 3.92. The minimum absolute atomic E-state index is 0.132. The van der Waals surface area contributed by atoms with Crippen molar-refractivity contribution in [3.63, 3.8) is 0 Å². The molecule has 0 bridgehead atoms. The van der Waals surface area contributed by atoms with E-state index in [4.69, 9.17) is 4.74 Å². The van der Waals surface area contributed by atoms with E-state index in [0.717, 1.165) is 5.56 Å². The van der Waals surface area contributed by atoms with Crippen LogP contribution in [0.4, 0.5) is 0 Å². The average Bonchev–Trinajstić information content (AvgIpc) is 2.92. The first-order valence-corrected chi connectivity index (χ1v) is 8.54. The number of ketones is 2. The highest BCUT2D eigenvalue weighted by atomic mass is 16.5. The van der Waals surface area contributed by atoms with E-state index in [1.54, 1.807) is 43.5 Å². The molecule has 0 heterocycles. The van der Waals surface area contributed by atoms with Crippen molar-refractivity contribution in [3.8, 4) is 5.75 Å². The van der Waals surface area contributed by atoms with E-state index in [2.05, 4.69) is 0 Å². The maximum absolute atomic E-state index is 13.4. The predicted octanol–water partition coefficient (Wildman–Crippen LogP) is 4.25. The summed E-state index contributed by atoms with van der Waals surface area (Å²) in [5.74, 6) is 0.429. The topological polar surface area (TPSA) is 43.4 Å². The molecule has 0 spiro atoms. The molecule has 0 radical (unpaired) electrons. The second-order valence-corrected chi connectivity index (χ2v) is 6.50. The molecule has 1 aliphatic carbocycles. The van der Waals surface area contributed by atoms with Crippen LogP contribution in [0.5, 0.6) is 5.75 Å². The van der Waals surface area contributed by atoms with Crippen molar-refractivity contribution >= 4 is 11.6 Å². The second kappa shape index (κ2) is 6.26. The predicted molar refractivity (Wildman–Crippen MR) is 99.9 cm³/mol. The molecule has 0 saturated carbocycles. The Hall–Kier alpha value is -3.20. The van der Waals surface area contributed by atoms with Crippen LogP contribution in [-0.2, 0) is 11.8 Å². The number of ether oxygens (including phenoxy) is 1. The number of carbonyl (C=O) groups is 2. The van der Waals surface area contributed by atoms with Gasteiger partial charge in [-0.25, -0.2) is 0 Å². The lowest BCUT2D eigenvalue weighted by Crippen LogP contribution is -2.40. The summed E-state index contributed by atoms with van der Waals surface area (Å²) in [4.78, 5) is 26.9. The molecule has 0 aromatic heterocycles. The van der Waals surface area contributed by atoms with Crippen LogP contribution in [0.3, 0.4) is 0 Å². The number of hydrogen-bond donors (Lipinski definition) is 0. The molecular weight excluding hydrogens is 324 g/mol. The van der Waals surface area contributed by atoms with Crippen molar-refractivity contribution < 1.29 is 14.3 Å². The summed E-state index contributed by atoms with van der Waals surface area (Å²) in [6.45, 7) is 0. The lowest BCUT2D eigenvalue weighted by molar-refractivity contribution is 0.0793. The Bertz CT molecular complexity index is 937. The molecule has 3 nitrogen and oxygen atoms in total. The first-order chi connectivity index (χ1) is 12.7. The largest absolute Gasteiger partial charge is 0.497 e. The third kappa shape index (κ3) is 2.36. The Morgan fingerprint density at radius 3 is 1.81 bits per heavy atom. The van der Waals surface area contributed by atoms with Crippen molar-refractivity contribution in [3.05, 3.63) is 101 Å². The standard InChI is InChI=1S/C23H18O3/c1-26-18-13-11-17(12-14-18)23(15-16-7-3-2-4-8-16)21(24)19-9-5-6-10-20(19)22(23)25/h2-14H,15H2,1H3. The van der Waals surface area contributed by atoms with Crippen LogP contribution in [0.1, 0.15) is 31.8 Å². The van der Waals surface area contributed by atoms with Gasteiger partial charge in [0.2, 0.25) is 0 Å². The summed E-state index contributed by atoms with van der Waals surface area (Å²) in [6.07, 6.45) is 0.340. The molecule has 0 N–H and O–H groups in total. The van der Waals surface area contributed by atoms with Gasteiger partial charge in [-0.2, -0.15) is 0 Å². The van der Waals surface area contributed by atoms with Gasteiger partial charge in [-0.3, -0.25) is 9.59 Å². The molecule has 0 unspecified atom stereocenters. The fourth-order valence-electron chi connectivity index (χ4n) is 3.74. The molecule has 1 aliphatic rings. The van der Waals surface area contributed by atoms with Gasteiger partial charge in [0.25, 0.3) is 0 Å². The summed E-state index contributed by atoms with van der Waals surface area (Å²) in [5, 5.41) is 0. The van der Waals surface area contributed by atoms with Crippen molar-refractivity contribution in [1.82, 2.24) is 0 Å². The Morgan fingerprint density at radius 1 is 0.731 bits per heavy atom. The maximum atomic E-state index is 13.4. The van der Waals surface area contributed by atoms with Gasteiger partial charge in [0, 0.05) is 11.1 Å². The number of Topliss-reactive ketones (excluding diaryl/α,β-unsaturated/α-hetero) is 2. The third-order valence-corrected chi connectivity index (χ3v) is 5.09. The lowest BCUT2D eigenvalue weighted by Gasteiger charge is -2.27. The number of fused-ring (bicyclic) bond motifs is 1. The van der Waals surface area contributed by atoms with E-state index in [1.165, 1.54) is 0 Å². The van der Waals surface area contributed by atoms with E-state index >= 15 is 0 Å². The summed E-state index contributed by atoms with van der Waals surface area (Å²) in [7, 11) is 1.59. The highest BCUT2D eigenvalue weighted by Gasteiger charge is 2.53. The zero-order valence-corrected chi connectivity index (χ0v) is 14.4. The molecule has 0 atom stereocenters. The highest BCUT2D eigenvalue weighted by molar-refractivity contribution is 6.33. The summed E-state index contributed by atoms with van der Waals surface area (Å²) < 4.78 is 5.23. The molecule has 0 aliphatic heterocycles. The SMILES string of the molecule is COc1ccc(C2(Cc3ccccc3)C(=O)c3ccccc3C2=O)cc1. The monoisotopic (exact) mass is 342 g/mol. The first kappa shape index (κ1) is 16.3. The van der Waals surface area contributed by atoms with Crippen molar-refractivity contribution in [1.29, 1.82) is 0 Å². The maximum Gasteiger partial charge on any atom is 0.182 e. The van der Waals surface area contributed by atoms with E-state index in [0.29, 0.717) is 28.9 Å². The fraction of sp³-hybridized carbons (Fsp3) is 0.130. The third-order valence-electron chi connectivity index (χ3n) is 5.09. The minimum Gasteiger partial charge on any atom is -0.497 e. The number of carbonyl (C=O) groups excluding carboxylic acids is 2. The zero-order valence-electron chi connectivity index (χ0n) is 14.4. The van der Waals surface area contributed by atoms with E-state index in [9.17, 15) is 9.59 Å². The van der Waals surface area contributed by atoms with E-state index in [-0.39, 0.29) is 11.6 Å². The van der Waals surface area contributed by atoms with Crippen LogP contribution >= 0.6 is 0 Å². The van der Waals surface area contributed by atoms with Crippen LogP contribution in [0.2, 0.25) is 0 Å². The number of rotatable bonds is 4. The van der Waals surface area contributed by atoms with E-state index < -0.39 is 5.41 Å². The molecule has 128 valence electrons. The summed E-state index contributed by atoms with van der Waals surface area (Å²) in [6, 6.07) is 24.0. The van der Waals surface area contributed by atoms with Crippen LogP contribution in [0, 0.1) is 0 Å². The number of benzene rings is 3. The molecular formula is C23H18O3. The van der Waals surface area contributed by atoms with Gasteiger partial charge < -0.3 is 4.74 Å². The second-order valence-electron chi connectivity index (χ2n) is 6.50. The van der Waals surface area contributed by atoms with Gasteiger partial charge in [-0.1, -0.05) is 66.7 Å². The van der Waals surface area contributed by atoms with Gasteiger partial charge in [-0.15, -0.1) is 0 Å². The highest BCUT2D eigenvalue weighted by Crippen LogP contribution is 2.42. The first-order valence-electron chi connectivity index (χ1n) is 8.54. The number of methoxy groups -OCH3 is 1. The van der Waals surface area contributed by atoms with Gasteiger partial charge in [0.05, 0.1) is 7.11 Å². The Balaban J connectivity index is 1.90. The lowest BCUT2D eigenvalue weighted by atomic mass is 9.71.